The number of hydrogen-bond donors (Lipinski definition) is 3. The van der Waals surface area contributed by atoms with Crippen LogP contribution in [0.4, 0.5) is 15.9 Å². The van der Waals surface area contributed by atoms with Crippen LogP contribution >= 0.6 is 23.2 Å². The number of rotatable bonds is 8. The summed E-state index contributed by atoms with van der Waals surface area (Å²) >= 11 is 12.2. The number of anilines is 2. The van der Waals surface area contributed by atoms with Crippen molar-refractivity contribution in [3.05, 3.63) is 74.9 Å². The third-order valence-corrected chi connectivity index (χ3v) is 7.96. The predicted molar refractivity (Wildman–Crippen MR) is 148 cm³/mol. The third kappa shape index (κ3) is 6.07. The number of aromatic nitrogens is 2. The Morgan fingerprint density at radius 3 is 2.51 bits per heavy atom. The van der Waals surface area contributed by atoms with E-state index in [0.29, 0.717) is 18.9 Å². The molecule has 2 aromatic heterocycles. The number of pyridine rings is 2. The SMILES string of the molecule is CC1(CS(C)(=O)=O)CN(c2ncc(C(=N)c3cc(O[C@H](N)c4c(Cl)cncc4Cl)c(F)cc3N)cc2C#N)C1. The highest BCUT2D eigenvalue weighted by Gasteiger charge is 2.42. The van der Waals surface area contributed by atoms with Gasteiger partial charge in [0.2, 0.25) is 0 Å². The summed E-state index contributed by atoms with van der Waals surface area (Å²) in [5, 5.41) is 18.7. The van der Waals surface area contributed by atoms with E-state index in [-0.39, 0.29) is 55.2 Å². The van der Waals surface area contributed by atoms with Crippen molar-refractivity contribution in [2.24, 2.45) is 11.1 Å². The van der Waals surface area contributed by atoms with Crippen molar-refractivity contribution in [2.45, 2.75) is 13.2 Å². The van der Waals surface area contributed by atoms with E-state index in [1.165, 1.54) is 37.0 Å². The van der Waals surface area contributed by atoms with Crippen molar-refractivity contribution in [1.82, 2.24) is 9.97 Å². The molecule has 1 saturated heterocycles. The molecule has 14 heteroatoms. The number of nitrogen functional groups attached to an aromatic ring is 1. The van der Waals surface area contributed by atoms with Gasteiger partial charge in [-0.05, 0) is 12.1 Å². The zero-order chi connectivity index (χ0) is 28.7. The number of halogens is 3. The normalized spacial score (nSPS) is 15.3. The first-order valence-corrected chi connectivity index (χ1v) is 14.3. The highest BCUT2D eigenvalue weighted by Crippen LogP contribution is 2.37. The number of nitrogens with two attached hydrogens (primary N) is 2. The van der Waals surface area contributed by atoms with Gasteiger partial charge in [0.1, 0.15) is 21.7 Å². The van der Waals surface area contributed by atoms with Crippen LogP contribution in [0, 0.1) is 28.0 Å². The van der Waals surface area contributed by atoms with Crippen molar-refractivity contribution >= 4 is 50.3 Å². The largest absolute Gasteiger partial charge is 0.468 e. The van der Waals surface area contributed by atoms with Gasteiger partial charge in [-0.1, -0.05) is 30.1 Å². The van der Waals surface area contributed by atoms with Crippen LogP contribution in [0.15, 0.2) is 36.8 Å². The Balaban J connectivity index is 1.59. The Kier molecular flexibility index (Phi) is 7.73. The first-order chi connectivity index (χ1) is 18.2. The number of nitrogens with zero attached hydrogens (tertiary/aromatic N) is 4. The molecule has 0 bridgehead atoms. The van der Waals surface area contributed by atoms with E-state index in [4.69, 9.17) is 44.8 Å². The van der Waals surface area contributed by atoms with E-state index in [1.807, 2.05) is 11.8 Å². The first-order valence-electron chi connectivity index (χ1n) is 11.4. The highest BCUT2D eigenvalue weighted by atomic mass is 35.5. The van der Waals surface area contributed by atoms with E-state index in [0.717, 1.165) is 6.07 Å². The summed E-state index contributed by atoms with van der Waals surface area (Å²) in [4.78, 5) is 10.0. The number of hydrogen-bond acceptors (Lipinski definition) is 10. The van der Waals surface area contributed by atoms with Gasteiger partial charge in [-0.15, -0.1) is 0 Å². The molecule has 1 aliphatic heterocycles. The maximum Gasteiger partial charge on any atom is 0.177 e. The molecule has 4 rings (SSSR count). The van der Waals surface area contributed by atoms with E-state index in [9.17, 15) is 18.1 Å². The topological polar surface area (TPSA) is 172 Å². The molecule has 0 aliphatic carbocycles. The fourth-order valence-corrected chi connectivity index (χ4v) is 6.63. The van der Waals surface area contributed by atoms with Gasteiger partial charge in [-0.3, -0.25) is 16.1 Å². The Bertz CT molecular complexity index is 1600. The van der Waals surface area contributed by atoms with Gasteiger partial charge < -0.3 is 15.4 Å². The zero-order valence-corrected chi connectivity index (χ0v) is 23.2. The minimum absolute atomic E-state index is 0.0264. The molecule has 0 saturated carbocycles. The molecule has 39 heavy (non-hydrogen) atoms. The van der Waals surface area contributed by atoms with Gasteiger partial charge in [0.25, 0.3) is 0 Å². The van der Waals surface area contributed by atoms with Crippen LogP contribution in [0.5, 0.6) is 5.75 Å². The molecular formula is C25H24Cl2FN7O3S. The van der Waals surface area contributed by atoms with E-state index in [1.54, 1.807) is 0 Å². The van der Waals surface area contributed by atoms with Crippen LogP contribution in [0.2, 0.25) is 10.0 Å². The standard InChI is InChI=1S/C25H24Cl2FN7O3S/c1-25(12-39(2,36)37)10-35(11-25)24-13(6-29)3-14(7-34-24)22(31)15-4-20(18(28)5-19(15)30)38-23(32)21-16(26)8-33-9-17(21)27/h3-5,7-9,23,31H,10-12,30,32H2,1-2H3/t23-/m0/s1. The number of nitrogens with one attached hydrogen (secondary N) is 1. The number of benzene rings is 1. The van der Waals surface area contributed by atoms with Crippen molar-refractivity contribution in [2.75, 3.05) is 35.7 Å². The second kappa shape index (κ2) is 10.6. The van der Waals surface area contributed by atoms with Gasteiger partial charge in [0.05, 0.1) is 27.1 Å². The molecule has 1 aromatic carbocycles. The van der Waals surface area contributed by atoms with Gasteiger partial charge >= 0.3 is 0 Å². The van der Waals surface area contributed by atoms with Crippen molar-refractivity contribution in [3.8, 4) is 11.8 Å². The molecular weight excluding hydrogens is 568 g/mol. The predicted octanol–water partition coefficient (Wildman–Crippen LogP) is 3.70. The molecule has 0 unspecified atom stereocenters. The molecule has 0 spiro atoms. The maximum atomic E-state index is 14.7. The summed E-state index contributed by atoms with van der Waals surface area (Å²) in [5.41, 5.74) is 12.2. The minimum atomic E-state index is -3.16. The van der Waals surface area contributed by atoms with Crippen LogP contribution < -0.4 is 21.1 Å². The Hall–Kier alpha value is -3.50. The number of nitriles is 1. The second-order valence-electron chi connectivity index (χ2n) is 9.74. The maximum absolute atomic E-state index is 14.7. The van der Waals surface area contributed by atoms with Crippen LogP contribution in [0.1, 0.15) is 35.4 Å². The minimum Gasteiger partial charge on any atom is -0.468 e. The van der Waals surface area contributed by atoms with E-state index in [2.05, 4.69) is 16.0 Å². The van der Waals surface area contributed by atoms with Gasteiger partial charge in [0.15, 0.2) is 17.8 Å². The molecule has 3 aromatic rings. The molecule has 3 heterocycles. The molecule has 1 aliphatic rings. The monoisotopic (exact) mass is 591 g/mol. The average molecular weight is 592 g/mol. The highest BCUT2D eigenvalue weighted by molar-refractivity contribution is 7.90. The fraction of sp³-hybridized carbons (Fsp3) is 0.280. The van der Waals surface area contributed by atoms with Gasteiger partial charge in [0, 0.05) is 71.8 Å². The molecule has 5 N–H and O–H groups in total. The zero-order valence-electron chi connectivity index (χ0n) is 20.9. The van der Waals surface area contributed by atoms with Gasteiger partial charge in [-0.25, -0.2) is 17.8 Å². The quantitative estimate of drug-likeness (QED) is 0.200. The lowest BCUT2D eigenvalue weighted by molar-refractivity contribution is 0.204. The Labute approximate surface area is 234 Å². The molecule has 204 valence electrons. The number of sulfone groups is 1. The molecule has 0 radical (unpaired) electrons. The lowest BCUT2D eigenvalue weighted by atomic mass is 9.84. The summed E-state index contributed by atoms with van der Waals surface area (Å²) in [6.45, 7) is 2.69. The van der Waals surface area contributed by atoms with Gasteiger partial charge in [-0.2, -0.15) is 5.26 Å². The summed E-state index contributed by atoms with van der Waals surface area (Å²) in [6.07, 6.45) is 3.99. The smallest absolute Gasteiger partial charge is 0.177 e. The second-order valence-corrected chi connectivity index (χ2v) is 12.7. The lowest BCUT2D eigenvalue weighted by Gasteiger charge is -2.48. The Morgan fingerprint density at radius 1 is 1.28 bits per heavy atom. The molecule has 0 amide bonds. The third-order valence-electron chi connectivity index (χ3n) is 6.13. The summed E-state index contributed by atoms with van der Waals surface area (Å²) in [6, 6.07) is 5.77. The number of ether oxygens (including phenoxy) is 1. The van der Waals surface area contributed by atoms with Crippen LogP contribution in [-0.4, -0.2) is 49.2 Å². The fourth-order valence-electron chi connectivity index (χ4n) is 4.60. The molecule has 1 fully saturated rings. The lowest BCUT2D eigenvalue weighted by Crippen LogP contribution is -2.58. The summed E-state index contributed by atoms with van der Waals surface area (Å²) < 4.78 is 43.8. The molecule has 1 atom stereocenters. The van der Waals surface area contributed by atoms with Crippen LogP contribution in [-0.2, 0) is 9.84 Å². The first kappa shape index (κ1) is 28.5. The van der Waals surface area contributed by atoms with Crippen LogP contribution in [0.25, 0.3) is 0 Å². The van der Waals surface area contributed by atoms with E-state index >= 15 is 0 Å². The Morgan fingerprint density at radius 2 is 1.92 bits per heavy atom. The average Bonchev–Trinajstić information content (AvgIpc) is 2.82. The van der Waals surface area contributed by atoms with Crippen LogP contribution in [0.3, 0.4) is 0 Å². The van der Waals surface area contributed by atoms with Crippen molar-refractivity contribution in [3.63, 3.8) is 0 Å². The van der Waals surface area contributed by atoms with E-state index < -0.39 is 27.3 Å². The van der Waals surface area contributed by atoms with Crippen molar-refractivity contribution in [1.29, 1.82) is 10.7 Å². The van der Waals surface area contributed by atoms with Crippen molar-refractivity contribution < 1.29 is 17.5 Å². The summed E-state index contributed by atoms with van der Waals surface area (Å²) in [5.74, 6) is -0.704. The molecule has 10 nitrogen and oxygen atoms in total. The summed E-state index contributed by atoms with van der Waals surface area (Å²) in [7, 11) is -3.16.